The van der Waals surface area contributed by atoms with Gasteiger partial charge in [0.05, 0.1) is 17.2 Å². The number of hydrogen-bond donors (Lipinski definition) is 1. The first-order valence-corrected chi connectivity index (χ1v) is 10.6. The number of anilines is 1. The van der Waals surface area contributed by atoms with E-state index in [1.165, 1.54) is 7.11 Å². The van der Waals surface area contributed by atoms with Crippen LogP contribution in [0.5, 0.6) is 17.2 Å². The molecule has 0 bridgehead atoms. The number of halogens is 2. The molecule has 4 rings (SSSR count). The Morgan fingerprint density at radius 3 is 2.56 bits per heavy atom. The van der Waals surface area contributed by atoms with Gasteiger partial charge >= 0.3 is 0 Å². The maximum Gasteiger partial charge on any atom is 0.248 e. The van der Waals surface area contributed by atoms with Crippen molar-refractivity contribution in [3.05, 3.63) is 81.8 Å². The highest BCUT2D eigenvalue weighted by Crippen LogP contribution is 2.42. The van der Waals surface area contributed by atoms with E-state index in [0.717, 1.165) is 5.56 Å². The molecule has 0 saturated carbocycles. The van der Waals surface area contributed by atoms with Crippen LogP contribution in [0.1, 0.15) is 28.3 Å². The highest BCUT2D eigenvalue weighted by Gasteiger charge is 2.32. The van der Waals surface area contributed by atoms with Crippen molar-refractivity contribution in [3.8, 4) is 17.2 Å². The lowest BCUT2D eigenvalue weighted by molar-refractivity contribution is -0.117. The van der Waals surface area contributed by atoms with Crippen molar-refractivity contribution in [2.24, 2.45) is 5.73 Å². The van der Waals surface area contributed by atoms with E-state index in [1.54, 1.807) is 53.4 Å². The summed E-state index contributed by atoms with van der Waals surface area (Å²) >= 11 is 12.7. The normalized spacial score (nSPS) is 15.7. The first-order valence-electron chi connectivity index (χ1n) is 9.87. The first kappa shape index (κ1) is 22.0. The fraction of sp³-hybridized carbons (Fsp3) is 0.167. The van der Waals surface area contributed by atoms with Crippen LogP contribution in [0.25, 0.3) is 0 Å². The van der Waals surface area contributed by atoms with Crippen LogP contribution >= 0.6 is 23.2 Å². The van der Waals surface area contributed by atoms with Crippen molar-refractivity contribution >= 4 is 40.7 Å². The Kier molecular flexibility index (Phi) is 6.26. The number of para-hydroxylation sites is 1. The van der Waals surface area contributed by atoms with Crippen LogP contribution in [-0.2, 0) is 4.79 Å². The van der Waals surface area contributed by atoms with Gasteiger partial charge in [-0.2, -0.15) is 0 Å². The maximum atomic E-state index is 12.7. The molecule has 164 valence electrons. The fourth-order valence-electron chi connectivity index (χ4n) is 3.72. The molecule has 0 unspecified atom stereocenters. The zero-order valence-corrected chi connectivity index (χ0v) is 18.7. The number of nitrogens with two attached hydrogens (primary N) is 1. The average molecular weight is 471 g/mol. The summed E-state index contributed by atoms with van der Waals surface area (Å²) in [5.41, 5.74) is 7.27. The topological polar surface area (TPSA) is 81.9 Å². The van der Waals surface area contributed by atoms with Gasteiger partial charge in [-0.05, 0) is 48.0 Å². The molecule has 1 aliphatic heterocycles. The molecule has 32 heavy (non-hydrogen) atoms. The Labute approximate surface area is 195 Å². The van der Waals surface area contributed by atoms with Gasteiger partial charge in [0, 0.05) is 30.1 Å². The predicted octanol–water partition coefficient (Wildman–Crippen LogP) is 5.41. The molecule has 6 nitrogen and oxygen atoms in total. The number of rotatable bonds is 6. The predicted molar refractivity (Wildman–Crippen MR) is 124 cm³/mol. The largest absolute Gasteiger partial charge is 0.493 e. The number of hydrogen-bond acceptors (Lipinski definition) is 4. The molecular formula is C24H20Cl2N2O4. The summed E-state index contributed by atoms with van der Waals surface area (Å²) in [6.07, 6.45) is 0.317. The third-order valence-electron chi connectivity index (χ3n) is 5.36. The van der Waals surface area contributed by atoms with Gasteiger partial charge in [0.15, 0.2) is 11.5 Å². The highest BCUT2D eigenvalue weighted by molar-refractivity contribution is 6.33. The molecule has 1 saturated heterocycles. The molecule has 1 aliphatic rings. The van der Waals surface area contributed by atoms with Gasteiger partial charge in [-0.1, -0.05) is 41.4 Å². The van der Waals surface area contributed by atoms with Crippen molar-refractivity contribution in [1.82, 2.24) is 0 Å². The average Bonchev–Trinajstić information content (AvgIpc) is 3.18. The van der Waals surface area contributed by atoms with E-state index in [0.29, 0.717) is 51.5 Å². The number of carbonyl (C=O) groups is 2. The van der Waals surface area contributed by atoms with E-state index in [9.17, 15) is 9.59 Å². The second-order valence-electron chi connectivity index (χ2n) is 7.38. The smallest absolute Gasteiger partial charge is 0.248 e. The molecule has 0 spiro atoms. The number of ether oxygens (including phenoxy) is 2. The molecule has 2 amide bonds. The van der Waals surface area contributed by atoms with Gasteiger partial charge in [-0.3, -0.25) is 9.59 Å². The molecular weight excluding hydrogens is 451 g/mol. The number of amides is 2. The minimum absolute atomic E-state index is 0.0400. The number of carbonyl (C=O) groups excluding carboxylic acids is 2. The summed E-state index contributed by atoms with van der Waals surface area (Å²) in [5.74, 6) is 0.606. The molecule has 3 aromatic carbocycles. The van der Waals surface area contributed by atoms with E-state index in [1.807, 2.05) is 12.1 Å². The number of benzene rings is 3. The minimum Gasteiger partial charge on any atom is -0.493 e. The molecule has 1 heterocycles. The third kappa shape index (κ3) is 4.38. The molecule has 3 aromatic rings. The van der Waals surface area contributed by atoms with Gasteiger partial charge in [-0.15, -0.1) is 0 Å². The summed E-state index contributed by atoms with van der Waals surface area (Å²) in [7, 11) is 1.53. The maximum absolute atomic E-state index is 12.7. The van der Waals surface area contributed by atoms with E-state index in [2.05, 4.69) is 0 Å². The van der Waals surface area contributed by atoms with Gasteiger partial charge in [0.25, 0.3) is 0 Å². The minimum atomic E-state index is -0.537. The molecule has 1 atom stereocenters. The Morgan fingerprint density at radius 1 is 1.03 bits per heavy atom. The van der Waals surface area contributed by atoms with Crippen molar-refractivity contribution in [3.63, 3.8) is 0 Å². The van der Waals surface area contributed by atoms with E-state index in [-0.39, 0.29) is 11.8 Å². The zero-order chi connectivity index (χ0) is 22.8. The van der Waals surface area contributed by atoms with Crippen molar-refractivity contribution in [1.29, 1.82) is 0 Å². The van der Waals surface area contributed by atoms with Gasteiger partial charge < -0.3 is 20.1 Å². The lowest BCUT2D eigenvalue weighted by atomic mass is 9.98. The van der Waals surface area contributed by atoms with Crippen LogP contribution in [0.4, 0.5) is 5.69 Å². The molecule has 0 aliphatic carbocycles. The SMILES string of the molecule is COc1cccc(Cl)c1Oc1cc([C@H]2CC(=O)N(c3cccc(C(N)=O)c3)C2)ccc1Cl. The highest BCUT2D eigenvalue weighted by atomic mass is 35.5. The lowest BCUT2D eigenvalue weighted by Gasteiger charge is -2.18. The van der Waals surface area contributed by atoms with Crippen LogP contribution in [0.3, 0.4) is 0 Å². The molecule has 0 radical (unpaired) electrons. The number of primary amides is 1. The Bertz CT molecular complexity index is 1200. The fourth-order valence-corrected chi connectivity index (χ4v) is 4.08. The summed E-state index contributed by atoms with van der Waals surface area (Å²) in [6, 6.07) is 17.4. The Morgan fingerprint density at radius 2 is 1.81 bits per heavy atom. The van der Waals surface area contributed by atoms with Crippen molar-refractivity contribution in [2.75, 3.05) is 18.6 Å². The summed E-state index contributed by atoms with van der Waals surface area (Å²) in [5, 5.41) is 0.799. The zero-order valence-electron chi connectivity index (χ0n) is 17.2. The van der Waals surface area contributed by atoms with Gasteiger partial charge in [-0.25, -0.2) is 0 Å². The van der Waals surface area contributed by atoms with Crippen LogP contribution < -0.4 is 20.1 Å². The molecule has 0 aromatic heterocycles. The van der Waals surface area contributed by atoms with Crippen LogP contribution in [0.15, 0.2) is 60.7 Å². The van der Waals surface area contributed by atoms with Gasteiger partial charge in [0.2, 0.25) is 11.8 Å². The second kappa shape index (κ2) is 9.10. The quantitative estimate of drug-likeness (QED) is 0.521. The molecule has 8 heteroatoms. The standard InChI is InChI=1S/C24H20Cl2N2O4/c1-31-20-7-3-6-19(26)23(20)32-21-11-14(8-9-18(21)25)16-12-22(29)28(13-16)17-5-2-4-15(10-17)24(27)30/h2-11,16H,12-13H2,1H3,(H2,27,30)/t16-/m0/s1. The molecule has 1 fully saturated rings. The van der Waals surface area contributed by atoms with Crippen LogP contribution in [0.2, 0.25) is 10.0 Å². The van der Waals surface area contributed by atoms with E-state index in [4.69, 9.17) is 38.4 Å². The monoisotopic (exact) mass is 470 g/mol. The van der Waals surface area contributed by atoms with Crippen molar-refractivity contribution in [2.45, 2.75) is 12.3 Å². The number of nitrogens with zero attached hydrogens (tertiary/aromatic N) is 1. The van der Waals surface area contributed by atoms with E-state index >= 15 is 0 Å². The van der Waals surface area contributed by atoms with Gasteiger partial charge in [0.1, 0.15) is 5.75 Å². The summed E-state index contributed by atoms with van der Waals surface area (Å²) in [4.78, 5) is 25.9. The molecule has 2 N–H and O–H groups in total. The first-order chi connectivity index (χ1) is 15.4. The van der Waals surface area contributed by atoms with E-state index < -0.39 is 5.91 Å². The second-order valence-corrected chi connectivity index (χ2v) is 8.20. The number of methoxy groups -OCH3 is 1. The summed E-state index contributed by atoms with van der Waals surface area (Å²) < 4.78 is 11.3. The Hall–Kier alpha value is -3.22. The van der Waals surface area contributed by atoms with Crippen molar-refractivity contribution < 1.29 is 19.1 Å². The van der Waals surface area contributed by atoms with Crippen LogP contribution in [0, 0.1) is 0 Å². The lowest BCUT2D eigenvalue weighted by Crippen LogP contribution is -2.24. The Balaban J connectivity index is 1.60. The van der Waals surface area contributed by atoms with Crippen LogP contribution in [-0.4, -0.2) is 25.5 Å². The third-order valence-corrected chi connectivity index (χ3v) is 5.97. The summed E-state index contributed by atoms with van der Waals surface area (Å²) in [6.45, 7) is 0.456.